The third kappa shape index (κ3) is 2.51. The van der Waals surface area contributed by atoms with Crippen LogP contribution in [0.1, 0.15) is 16.3 Å². The molecule has 0 radical (unpaired) electrons. The smallest absolute Gasteiger partial charge is 0.291 e. The van der Waals surface area contributed by atoms with E-state index in [4.69, 9.17) is 13.9 Å². The highest BCUT2D eigenvalue weighted by Gasteiger charge is 2.17. The van der Waals surface area contributed by atoms with Crippen molar-refractivity contribution in [1.82, 2.24) is 0 Å². The number of amides is 1. The van der Waals surface area contributed by atoms with E-state index in [0.717, 1.165) is 4.47 Å². The van der Waals surface area contributed by atoms with Gasteiger partial charge in [-0.2, -0.15) is 0 Å². The van der Waals surface area contributed by atoms with Crippen molar-refractivity contribution in [2.45, 2.75) is 6.92 Å². The molecule has 1 aromatic carbocycles. The van der Waals surface area contributed by atoms with E-state index in [0.29, 0.717) is 36.2 Å². The lowest BCUT2D eigenvalue weighted by atomic mass is 10.2. The summed E-state index contributed by atoms with van der Waals surface area (Å²) in [4.78, 5) is 12.0. The maximum atomic E-state index is 12.0. The number of aryl methyl sites for hydroxylation is 1. The van der Waals surface area contributed by atoms with Gasteiger partial charge in [0.1, 0.15) is 19.0 Å². The fourth-order valence-corrected chi connectivity index (χ4v) is 2.32. The lowest BCUT2D eigenvalue weighted by molar-refractivity contribution is 0.0995. The van der Waals surface area contributed by atoms with Crippen LogP contribution in [-0.4, -0.2) is 19.1 Å². The van der Waals surface area contributed by atoms with E-state index in [1.165, 1.54) is 0 Å². The number of benzene rings is 1. The Balaban J connectivity index is 1.85. The molecular formula is C14H12BrNO4. The van der Waals surface area contributed by atoms with E-state index in [1.54, 1.807) is 31.2 Å². The van der Waals surface area contributed by atoms with Crippen molar-refractivity contribution in [1.29, 1.82) is 0 Å². The van der Waals surface area contributed by atoms with Crippen molar-refractivity contribution in [2.75, 3.05) is 18.5 Å². The zero-order chi connectivity index (χ0) is 14.1. The fourth-order valence-electron chi connectivity index (χ4n) is 1.90. The van der Waals surface area contributed by atoms with Gasteiger partial charge in [-0.3, -0.25) is 4.79 Å². The first-order chi connectivity index (χ1) is 9.63. The summed E-state index contributed by atoms with van der Waals surface area (Å²) in [5, 5.41) is 2.77. The van der Waals surface area contributed by atoms with Gasteiger partial charge < -0.3 is 19.2 Å². The van der Waals surface area contributed by atoms with Crippen LogP contribution < -0.4 is 14.8 Å². The molecule has 1 aromatic heterocycles. The van der Waals surface area contributed by atoms with Crippen molar-refractivity contribution < 1.29 is 18.7 Å². The third-order valence-corrected chi connectivity index (χ3v) is 3.50. The molecular weight excluding hydrogens is 326 g/mol. The van der Waals surface area contributed by atoms with Gasteiger partial charge in [0.15, 0.2) is 17.3 Å². The summed E-state index contributed by atoms with van der Waals surface area (Å²) >= 11 is 3.40. The highest BCUT2D eigenvalue weighted by atomic mass is 79.9. The van der Waals surface area contributed by atoms with E-state index < -0.39 is 0 Å². The normalized spacial score (nSPS) is 13.1. The Kier molecular flexibility index (Phi) is 3.40. The molecule has 0 unspecified atom stereocenters. The molecule has 0 atom stereocenters. The molecule has 6 heteroatoms. The predicted octanol–water partition coefficient (Wildman–Crippen LogP) is 3.37. The molecule has 1 aliphatic heterocycles. The summed E-state index contributed by atoms with van der Waals surface area (Å²) < 4.78 is 17.0. The van der Waals surface area contributed by atoms with Gasteiger partial charge in [-0.1, -0.05) is 0 Å². The number of carbonyl (C=O) groups excluding carboxylic acids is 1. The van der Waals surface area contributed by atoms with Crippen LogP contribution >= 0.6 is 15.9 Å². The number of hydrogen-bond acceptors (Lipinski definition) is 4. The van der Waals surface area contributed by atoms with Crippen LogP contribution in [-0.2, 0) is 0 Å². The number of nitrogens with one attached hydrogen (secondary N) is 1. The second-order valence-electron chi connectivity index (χ2n) is 4.34. The molecule has 104 valence electrons. The van der Waals surface area contributed by atoms with Crippen molar-refractivity contribution >= 4 is 27.5 Å². The van der Waals surface area contributed by atoms with Gasteiger partial charge in [0, 0.05) is 16.6 Å². The quantitative estimate of drug-likeness (QED) is 0.912. The fraction of sp³-hybridized carbons (Fsp3) is 0.214. The topological polar surface area (TPSA) is 60.7 Å². The molecule has 0 bridgehead atoms. The van der Waals surface area contributed by atoms with Crippen molar-refractivity contribution in [2.24, 2.45) is 0 Å². The monoisotopic (exact) mass is 337 g/mol. The molecule has 1 amide bonds. The Morgan fingerprint density at radius 1 is 1.20 bits per heavy atom. The molecule has 20 heavy (non-hydrogen) atoms. The Bertz CT molecular complexity index is 665. The molecule has 0 saturated carbocycles. The molecule has 1 N–H and O–H groups in total. The van der Waals surface area contributed by atoms with Crippen molar-refractivity contribution in [3.8, 4) is 11.5 Å². The third-order valence-electron chi connectivity index (χ3n) is 2.84. The Morgan fingerprint density at radius 3 is 2.55 bits per heavy atom. The average Bonchev–Trinajstić information content (AvgIpc) is 2.86. The molecule has 0 fully saturated rings. The van der Waals surface area contributed by atoms with Gasteiger partial charge in [-0.05, 0) is 35.0 Å². The van der Waals surface area contributed by atoms with Crippen LogP contribution in [0.2, 0.25) is 0 Å². The van der Waals surface area contributed by atoms with Gasteiger partial charge >= 0.3 is 0 Å². The zero-order valence-corrected chi connectivity index (χ0v) is 12.3. The van der Waals surface area contributed by atoms with E-state index in [9.17, 15) is 4.79 Å². The predicted molar refractivity (Wildman–Crippen MR) is 76.5 cm³/mol. The first-order valence-electron chi connectivity index (χ1n) is 6.10. The maximum Gasteiger partial charge on any atom is 0.291 e. The molecule has 0 aliphatic carbocycles. The summed E-state index contributed by atoms with van der Waals surface area (Å²) in [6.07, 6.45) is 0. The second-order valence-corrected chi connectivity index (χ2v) is 5.19. The highest BCUT2D eigenvalue weighted by molar-refractivity contribution is 9.10. The van der Waals surface area contributed by atoms with E-state index in [2.05, 4.69) is 21.2 Å². The summed E-state index contributed by atoms with van der Waals surface area (Å²) in [7, 11) is 0. The molecule has 0 spiro atoms. The largest absolute Gasteiger partial charge is 0.486 e. The number of ether oxygens (including phenoxy) is 2. The van der Waals surface area contributed by atoms with Crippen LogP contribution in [0.4, 0.5) is 5.69 Å². The van der Waals surface area contributed by atoms with Gasteiger partial charge in [0.25, 0.3) is 5.91 Å². The summed E-state index contributed by atoms with van der Waals surface area (Å²) in [5.74, 6) is 1.93. The summed E-state index contributed by atoms with van der Waals surface area (Å²) in [6, 6.07) is 6.88. The van der Waals surface area contributed by atoms with Gasteiger partial charge in [0.2, 0.25) is 0 Å². The average molecular weight is 338 g/mol. The van der Waals surface area contributed by atoms with E-state index in [1.807, 2.05) is 0 Å². The number of anilines is 1. The van der Waals surface area contributed by atoms with Crippen molar-refractivity contribution in [3.63, 3.8) is 0 Å². The van der Waals surface area contributed by atoms with Crippen LogP contribution in [0.15, 0.2) is 33.2 Å². The minimum absolute atomic E-state index is 0.268. The van der Waals surface area contributed by atoms with Gasteiger partial charge in [-0.25, -0.2) is 0 Å². The zero-order valence-electron chi connectivity index (χ0n) is 10.7. The van der Waals surface area contributed by atoms with Crippen LogP contribution in [0.3, 0.4) is 0 Å². The molecule has 5 nitrogen and oxygen atoms in total. The maximum absolute atomic E-state index is 12.0. The number of fused-ring (bicyclic) bond motifs is 1. The first kappa shape index (κ1) is 13.1. The first-order valence-corrected chi connectivity index (χ1v) is 6.90. The molecule has 1 aliphatic rings. The van der Waals surface area contributed by atoms with Crippen LogP contribution in [0, 0.1) is 6.92 Å². The minimum atomic E-state index is -0.310. The Hall–Kier alpha value is -1.95. The van der Waals surface area contributed by atoms with Gasteiger partial charge in [-0.15, -0.1) is 0 Å². The lowest BCUT2D eigenvalue weighted by Gasteiger charge is -2.20. The number of rotatable bonds is 2. The van der Waals surface area contributed by atoms with E-state index >= 15 is 0 Å². The molecule has 2 aromatic rings. The standard InChI is InChI=1S/C14H12BrNO4/c1-8-2-3-11(20-8)14(17)16-10-7-13-12(6-9(10)15)18-4-5-19-13/h2-3,6-7H,4-5H2,1H3,(H,16,17). The Morgan fingerprint density at radius 2 is 1.90 bits per heavy atom. The number of halogens is 1. The van der Waals surface area contributed by atoms with Crippen LogP contribution in [0.5, 0.6) is 11.5 Å². The number of carbonyl (C=O) groups is 1. The van der Waals surface area contributed by atoms with Crippen LogP contribution in [0.25, 0.3) is 0 Å². The number of furan rings is 1. The molecule has 3 rings (SSSR count). The van der Waals surface area contributed by atoms with Crippen molar-refractivity contribution in [3.05, 3.63) is 40.3 Å². The number of hydrogen-bond donors (Lipinski definition) is 1. The minimum Gasteiger partial charge on any atom is -0.486 e. The Labute approximate surface area is 124 Å². The summed E-state index contributed by atoms with van der Waals surface area (Å²) in [5.41, 5.74) is 0.605. The second kappa shape index (κ2) is 5.20. The molecule has 0 saturated heterocycles. The van der Waals surface area contributed by atoms with E-state index in [-0.39, 0.29) is 11.7 Å². The summed E-state index contributed by atoms with van der Waals surface area (Å²) in [6.45, 7) is 2.81. The lowest BCUT2D eigenvalue weighted by Crippen LogP contribution is -2.16. The highest BCUT2D eigenvalue weighted by Crippen LogP contribution is 2.38. The SMILES string of the molecule is Cc1ccc(C(=O)Nc2cc3c(cc2Br)OCCO3)o1. The molecule has 2 heterocycles. The van der Waals surface area contributed by atoms with Gasteiger partial charge in [0.05, 0.1) is 5.69 Å².